The van der Waals surface area contributed by atoms with Crippen molar-refractivity contribution in [1.82, 2.24) is 0 Å². The summed E-state index contributed by atoms with van der Waals surface area (Å²) in [7, 11) is 0. The van der Waals surface area contributed by atoms with E-state index in [0.717, 1.165) is 9.13 Å². The monoisotopic (exact) mass is 337 g/mol. The molecule has 0 aliphatic carbocycles. The van der Waals surface area contributed by atoms with Gasteiger partial charge >= 0.3 is 0 Å². The lowest BCUT2D eigenvalue weighted by molar-refractivity contribution is 0.103. The van der Waals surface area contributed by atoms with Gasteiger partial charge in [0.05, 0.1) is 0 Å². The molecule has 0 saturated carbocycles. The first kappa shape index (κ1) is 12.1. The zero-order valence-corrected chi connectivity index (χ0v) is 11.6. The average molecular weight is 337 g/mol. The van der Waals surface area contributed by atoms with E-state index in [2.05, 4.69) is 22.6 Å². The van der Waals surface area contributed by atoms with E-state index in [9.17, 15) is 4.79 Å². The number of ketones is 1. The number of anilines is 1. The fraction of sp³-hybridized carbons (Fsp3) is 0.0714. The van der Waals surface area contributed by atoms with Crippen LogP contribution in [0, 0.1) is 10.5 Å². The summed E-state index contributed by atoms with van der Waals surface area (Å²) in [6.07, 6.45) is 0. The van der Waals surface area contributed by atoms with Crippen LogP contribution in [0.4, 0.5) is 5.69 Å². The molecule has 0 fully saturated rings. The van der Waals surface area contributed by atoms with Gasteiger partial charge in [-0.25, -0.2) is 0 Å². The topological polar surface area (TPSA) is 43.1 Å². The van der Waals surface area contributed by atoms with Crippen molar-refractivity contribution in [3.8, 4) is 0 Å². The Morgan fingerprint density at radius 2 is 1.76 bits per heavy atom. The molecule has 2 aromatic carbocycles. The summed E-state index contributed by atoms with van der Waals surface area (Å²) in [5.41, 5.74) is 8.59. The molecular formula is C14H12INO. The summed E-state index contributed by atoms with van der Waals surface area (Å²) < 4.78 is 1.11. The van der Waals surface area contributed by atoms with Crippen LogP contribution in [0.5, 0.6) is 0 Å². The van der Waals surface area contributed by atoms with Crippen LogP contribution < -0.4 is 5.73 Å². The number of hydrogen-bond donors (Lipinski definition) is 1. The molecule has 0 bridgehead atoms. The van der Waals surface area contributed by atoms with Crippen LogP contribution in [0.3, 0.4) is 0 Å². The van der Waals surface area contributed by atoms with Crippen LogP contribution in [0.1, 0.15) is 21.5 Å². The van der Waals surface area contributed by atoms with Gasteiger partial charge in [-0.15, -0.1) is 0 Å². The molecule has 0 aromatic heterocycles. The third kappa shape index (κ3) is 2.49. The minimum absolute atomic E-state index is 0.0167. The van der Waals surface area contributed by atoms with Gasteiger partial charge in [0.1, 0.15) is 0 Å². The fourth-order valence-corrected chi connectivity index (χ4v) is 2.11. The third-order valence-corrected chi connectivity index (χ3v) is 3.36. The summed E-state index contributed by atoms with van der Waals surface area (Å²) >= 11 is 2.21. The molecule has 86 valence electrons. The van der Waals surface area contributed by atoms with E-state index in [-0.39, 0.29) is 5.78 Å². The van der Waals surface area contributed by atoms with Crippen molar-refractivity contribution in [2.45, 2.75) is 6.92 Å². The predicted molar refractivity (Wildman–Crippen MR) is 78.2 cm³/mol. The Hall–Kier alpha value is -1.36. The standard InChI is InChI=1S/C14H12INO/c1-9-3-2-4-12(16)13(9)14(17)10-5-7-11(15)8-6-10/h2-8H,16H2,1H3. The summed E-state index contributed by atoms with van der Waals surface area (Å²) in [6.45, 7) is 1.90. The summed E-state index contributed by atoms with van der Waals surface area (Å²) in [4.78, 5) is 12.3. The van der Waals surface area contributed by atoms with Gasteiger partial charge in [-0.1, -0.05) is 12.1 Å². The number of rotatable bonds is 2. The van der Waals surface area contributed by atoms with Gasteiger partial charge in [-0.3, -0.25) is 4.79 Å². The first-order valence-electron chi connectivity index (χ1n) is 5.25. The van der Waals surface area contributed by atoms with Crippen LogP contribution in [-0.2, 0) is 0 Å². The Bertz CT molecular complexity index is 541. The van der Waals surface area contributed by atoms with Crippen molar-refractivity contribution in [1.29, 1.82) is 0 Å². The SMILES string of the molecule is Cc1cccc(N)c1C(=O)c1ccc(I)cc1. The molecule has 2 N–H and O–H groups in total. The van der Waals surface area contributed by atoms with Crippen LogP contribution in [0.2, 0.25) is 0 Å². The van der Waals surface area contributed by atoms with Crippen LogP contribution >= 0.6 is 22.6 Å². The van der Waals surface area contributed by atoms with Crippen molar-refractivity contribution in [2.75, 3.05) is 5.73 Å². The quantitative estimate of drug-likeness (QED) is 0.518. The molecule has 0 saturated heterocycles. The van der Waals surface area contributed by atoms with Gasteiger partial charge in [0.15, 0.2) is 5.78 Å². The zero-order chi connectivity index (χ0) is 12.4. The van der Waals surface area contributed by atoms with Crippen molar-refractivity contribution in [3.05, 3.63) is 62.7 Å². The lowest BCUT2D eigenvalue weighted by Crippen LogP contribution is -2.07. The molecule has 2 rings (SSSR count). The minimum Gasteiger partial charge on any atom is -0.398 e. The Morgan fingerprint density at radius 3 is 2.35 bits per heavy atom. The smallest absolute Gasteiger partial charge is 0.195 e. The second-order valence-corrected chi connectivity index (χ2v) is 5.12. The largest absolute Gasteiger partial charge is 0.398 e. The number of halogens is 1. The van der Waals surface area contributed by atoms with Gasteiger partial charge in [0, 0.05) is 20.4 Å². The van der Waals surface area contributed by atoms with Crippen molar-refractivity contribution in [2.24, 2.45) is 0 Å². The van der Waals surface area contributed by atoms with Crippen LogP contribution in [0.15, 0.2) is 42.5 Å². The molecule has 0 amide bonds. The van der Waals surface area contributed by atoms with E-state index in [0.29, 0.717) is 16.8 Å². The van der Waals surface area contributed by atoms with Crippen LogP contribution in [-0.4, -0.2) is 5.78 Å². The van der Waals surface area contributed by atoms with Gasteiger partial charge < -0.3 is 5.73 Å². The highest BCUT2D eigenvalue weighted by Gasteiger charge is 2.14. The molecule has 0 unspecified atom stereocenters. The van der Waals surface area contributed by atoms with E-state index in [1.807, 2.05) is 43.3 Å². The number of carbonyl (C=O) groups excluding carboxylic acids is 1. The maximum atomic E-state index is 12.3. The van der Waals surface area contributed by atoms with Crippen LogP contribution in [0.25, 0.3) is 0 Å². The summed E-state index contributed by atoms with van der Waals surface area (Å²) in [5.74, 6) is -0.0167. The van der Waals surface area contributed by atoms with E-state index in [1.165, 1.54) is 0 Å². The number of benzene rings is 2. The highest BCUT2D eigenvalue weighted by atomic mass is 127. The highest BCUT2D eigenvalue weighted by Crippen LogP contribution is 2.20. The van der Waals surface area contributed by atoms with Gasteiger partial charge in [0.2, 0.25) is 0 Å². The third-order valence-electron chi connectivity index (χ3n) is 2.64. The Labute approximate surface area is 114 Å². The molecular weight excluding hydrogens is 325 g/mol. The van der Waals surface area contributed by atoms with Crippen molar-refractivity contribution >= 4 is 34.1 Å². The molecule has 3 heteroatoms. The second-order valence-electron chi connectivity index (χ2n) is 3.88. The van der Waals surface area contributed by atoms with E-state index >= 15 is 0 Å². The molecule has 0 aliphatic rings. The fourth-order valence-electron chi connectivity index (χ4n) is 1.75. The molecule has 0 spiro atoms. The molecule has 2 aromatic rings. The summed E-state index contributed by atoms with van der Waals surface area (Å²) in [5, 5.41) is 0. The average Bonchev–Trinajstić information content (AvgIpc) is 2.29. The molecule has 17 heavy (non-hydrogen) atoms. The van der Waals surface area contributed by atoms with E-state index < -0.39 is 0 Å². The number of aryl methyl sites for hydroxylation is 1. The first-order chi connectivity index (χ1) is 8.09. The minimum atomic E-state index is -0.0167. The Balaban J connectivity index is 2.47. The number of carbonyl (C=O) groups is 1. The predicted octanol–water partition coefficient (Wildman–Crippen LogP) is 3.41. The van der Waals surface area contributed by atoms with E-state index in [4.69, 9.17) is 5.73 Å². The van der Waals surface area contributed by atoms with E-state index in [1.54, 1.807) is 6.07 Å². The Kier molecular flexibility index (Phi) is 3.47. The molecule has 2 nitrogen and oxygen atoms in total. The first-order valence-corrected chi connectivity index (χ1v) is 6.33. The zero-order valence-electron chi connectivity index (χ0n) is 9.41. The van der Waals surface area contributed by atoms with Gasteiger partial charge in [-0.2, -0.15) is 0 Å². The van der Waals surface area contributed by atoms with Gasteiger partial charge in [0.25, 0.3) is 0 Å². The van der Waals surface area contributed by atoms with Gasteiger partial charge in [-0.05, 0) is 65.4 Å². The maximum Gasteiger partial charge on any atom is 0.195 e. The second kappa shape index (κ2) is 4.87. The lowest BCUT2D eigenvalue weighted by atomic mass is 9.97. The number of nitrogens with two attached hydrogens (primary N) is 1. The Morgan fingerprint density at radius 1 is 1.12 bits per heavy atom. The number of hydrogen-bond acceptors (Lipinski definition) is 2. The lowest BCUT2D eigenvalue weighted by Gasteiger charge is -2.08. The maximum absolute atomic E-state index is 12.3. The summed E-state index contributed by atoms with van der Waals surface area (Å²) in [6, 6.07) is 13.0. The normalized spacial score (nSPS) is 10.2. The van der Waals surface area contributed by atoms with Crippen molar-refractivity contribution < 1.29 is 4.79 Å². The molecule has 0 aliphatic heterocycles. The van der Waals surface area contributed by atoms with Crippen molar-refractivity contribution in [3.63, 3.8) is 0 Å². The molecule has 0 heterocycles. The molecule has 0 radical (unpaired) electrons. The molecule has 0 atom stereocenters. The highest BCUT2D eigenvalue weighted by molar-refractivity contribution is 14.1. The number of nitrogen functional groups attached to an aromatic ring is 1.